The highest BCUT2D eigenvalue weighted by Crippen LogP contribution is 2.33. The smallest absolute Gasteiger partial charge is 0.144 e. The molecular formula is C22H28OSi. The number of unbranched alkanes of at least 4 members (excludes halogenated alkanes) is 1. The second kappa shape index (κ2) is 8.87. The molecule has 2 aromatic carbocycles. The molecule has 0 bridgehead atoms. The molecule has 0 aromatic heterocycles. The number of benzene rings is 2. The topological polar surface area (TPSA) is 20.2 Å². The lowest BCUT2D eigenvalue weighted by Crippen LogP contribution is -2.35. The van der Waals surface area contributed by atoms with Crippen LogP contribution in [0.5, 0.6) is 0 Å². The summed E-state index contributed by atoms with van der Waals surface area (Å²) in [4.78, 5) is 0. The van der Waals surface area contributed by atoms with E-state index in [0.717, 1.165) is 19.3 Å². The van der Waals surface area contributed by atoms with Gasteiger partial charge in [0.15, 0.2) is 0 Å². The minimum absolute atomic E-state index is 0.311. The van der Waals surface area contributed by atoms with Gasteiger partial charge in [0.05, 0.1) is 0 Å². The van der Waals surface area contributed by atoms with Crippen molar-refractivity contribution >= 4 is 8.07 Å². The van der Waals surface area contributed by atoms with E-state index in [2.05, 4.69) is 92.1 Å². The number of rotatable bonds is 6. The van der Waals surface area contributed by atoms with E-state index in [4.69, 9.17) is 0 Å². The molecule has 0 amide bonds. The van der Waals surface area contributed by atoms with E-state index in [1.54, 1.807) is 0 Å². The molecule has 0 aliphatic carbocycles. The first-order chi connectivity index (χ1) is 11.5. The van der Waals surface area contributed by atoms with Crippen LogP contribution < -0.4 is 0 Å². The van der Waals surface area contributed by atoms with Crippen LogP contribution in [0, 0.1) is 11.5 Å². The first-order valence-electron chi connectivity index (χ1n) is 8.85. The van der Waals surface area contributed by atoms with Crippen LogP contribution in [-0.4, -0.2) is 19.3 Å². The quantitative estimate of drug-likeness (QED) is 0.570. The normalized spacial score (nSPS) is 12.5. The number of hydrogen-bond acceptors (Lipinski definition) is 1. The first kappa shape index (κ1) is 18.5. The zero-order valence-corrected chi connectivity index (χ0v) is 16.0. The second-order valence-corrected chi connectivity index (χ2v) is 11.2. The maximum atomic E-state index is 10.1. The summed E-state index contributed by atoms with van der Waals surface area (Å²) in [6.45, 7) is 6.74. The van der Waals surface area contributed by atoms with Gasteiger partial charge in [-0.05, 0) is 17.5 Å². The fourth-order valence-electron chi connectivity index (χ4n) is 3.13. The Labute approximate surface area is 147 Å². The fourth-order valence-corrected chi connectivity index (χ4v) is 5.86. The molecule has 24 heavy (non-hydrogen) atoms. The van der Waals surface area contributed by atoms with Gasteiger partial charge in [-0.25, -0.2) is 0 Å². The maximum absolute atomic E-state index is 10.1. The molecule has 126 valence electrons. The highest BCUT2D eigenvalue weighted by molar-refractivity contribution is 6.86. The van der Waals surface area contributed by atoms with E-state index >= 15 is 0 Å². The Morgan fingerprint density at radius 1 is 0.917 bits per heavy atom. The van der Waals surface area contributed by atoms with Crippen molar-refractivity contribution in [3.63, 3.8) is 0 Å². The number of aliphatic hydroxyl groups is 1. The van der Waals surface area contributed by atoms with Gasteiger partial charge >= 0.3 is 0 Å². The summed E-state index contributed by atoms with van der Waals surface area (Å²) in [5.41, 5.74) is 6.45. The molecule has 0 unspecified atom stereocenters. The summed E-state index contributed by atoms with van der Waals surface area (Å²) in [5.74, 6) is 3.14. The summed E-state index contributed by atoms with van der Waals surface area (Å²) in [5, 5.41) is 10.1. The molecule has 0 fully saturated rings. The molecule has 1 atom stereocenters. The van der Waals surface area contributed by atoms with Crippen molar-refractivity contribution in [1.82, 2.24) is 0 Å². The van der Waals surface area contributed by atoms with E-state index in [1.165, 1.54) is 11.1 Å². The van der Waals surface area contributed by atoms with Crippen molar-refractivity contribution in [2.75, 3.05) is 0 Å². The van der Waals surface area contributed by atoms with Gasteiger partial charge < -0.3 is 5.11 Å². The molecule has 0 radical (unpaired) electrons. The summed E-state index contributed by atoms with van der Waals surface area (Å²) in [7, 11) is -1.94. The van der Waals surface area contributed by atoms with Gasteiger partial charge in [0.1, 0.15) is 14.2 Å². The van der Waals surface area contributed by atoms with Gasteiger partial charge in [-0.2, -0.15) is 0 Å². The molecule has 2 heteroatoms. The van der Waals surface area contributed by atoms with Crippen LogP contribution >= 0.6 is 0 Å². The Hall–Kier alpha value is -1.82. The van der Waals surface area contributed by atoms with Crippen molar-refractivity contribution in [2.24, 2.45) is 0 Å². The Kier molecular flexibility index (Phi) is 6.84. The molecule has 0 aliphatic heterocycles. The number of hydrogen-bond donors (Lipinski definition) is 1. The fraction of sp³-hybridized carbons (Fsp3) is 0.364. The SMILES string of the molecule is CCCC[C@@H](O)C#C[Si](C)(C)C(c1ccccc1)c1ccccc1. The molecule has 2 rings (SSSR count). The lowest BCUT2D eigenvalue weighted by Gasteiger charge is -2.29. The summed E-state index contributed by atoms with van der Waals surface area (Å²) in [6, 6.07) is 21.3. The predicted octanol–water partition coefficient (Wildman–Crippen LogP) is 5.16. The zero-order chi connectivity index (χ0) is 17.4. The number of aliphatic hydroxyl groups excluding tert-OH is 1. The maximum Gasteiger partial charge on any atom is 0.144 e. The van der Waals surface area contributed by atoms with E-state index in [-0.39, 0.29) is 0 Å². The molecule has 0 aliphatic rings. The molecule has 0 spiro atoms. The third-order valence-electron chi connectivity index (χ3n) is 4.38. The average molecular weight is 337 g/mol. The van der Waals surface area contributed by atoms with Gasteiger partial charge in [0.2, 0.25) is 0 Å². The van der Waals surface area contributed by atoms with Gasteiger partial charge in [-0.3, -0.25) is 0 Å². The highest BCUT2D eigenvalue weighted by Gasteiger charge is 2.33. The Morgan fingerprint density at radius 2 is 1.42 bits per heavy atom. The molecular weight excluding hydrogens is 308 g/mol. The molecule has 0 saturated carbocycles. The first-order valence-corrected chi connectivity index (χ1v) is 11.9. The minimum Gasteiger partial charge on any atom is -0.380 e. The standard InChI is InChI=1S/C22H28OSi/c1-4-5-16-21(23)17-18-24(2,3)22(19-12-8-6-9-13-19)20-14-10-7-11-15-20/h6-15,21-23H,4-5,16H2,1-3H3/t21-/m1/s1. The lowest BCUT2D eigenvalue weighted by molar-refractivity contribution is 0.218. The van der Waals surface area contributed by atoms with Gasteiger partial charge in [0.25, 0.3) is 0 Å². The lowest BCUT2D eigenvalue weighted by atomic mass is 10.0. The molecule has 0 saturated heterocycles. The Morgan fingerprint density at radius 3 is 1.88 bits per heavy atom. The van der Waals surface area contributed by atoms with E-state index < -0.39 is 14.2 Å². The predicted molar refractivity (Wildman–Crippen MR) is 106 cm³/mol. The van der Waals surface area contributed by atoms with Crippen LogP contribution in [0.15, 0.2) is 60.7 Å². The Balaban J connectivity index is 2.34. The van der Waals surface area contributed by atoms with Crippen molar-refractivity contribution in [3.05, 3.63) is 71.8 Å². The van der Waals surface area contributed by atoms with Crippen LogP contribution in [0.25, 0.3) is 0 Å². The van der Waals surface area contributed by atoms with Crippen LogP contribution in [0.3, 0.4) is 0 Å². The second-order valence-electron chi connectivity index (χ2n) is 6.90. The van der Waals surface area contributed by atoms with Crippen molar-refractivity contribution in [2.45, 2.75) is 50.9 Å². The minimum atomic E-state index is -1.94. The Bertz CT molecular complexity index is 628. The summed E-state index contributed by atoms with van der Waals surface area (Å²) >= 11 is 0. The summed E-state index contributed by atoms with van der Waals surface area (Å²) in [6.07, 6.45) is 2.40. The van der Waals surface area contributed by atoms with Crippen molar-refractivity contribution in [1.29, 1.82) is 0 Å². The molecule has 1 N–H and O–H groups in total. The van der Waals surface area contributed by atoms with Crippen LogP contribution in [0.2, 0.25) is 13.1 Å². The zero-order valence-electron chi connectivity index (χ0n) is 15.0. The van der Waals surface area contributed by atoms with E-state index in [0.29, 0.717) is 5.54 Å². The van der Waals surface area contributed by atoms with Crippen molar-refractivity contribution in [3.8, 4) is 11.5 Å². The van der Waals surface area contributed by atoms with Gasteiger partial charge in [-0.1, -0.05) is 99.4 Å². The third-order valence-corrected chi connectivity index (χ3v) is 7.28. The largest absolute Gasteiger partial charge is 0.380 e. The molecule has 2 aromatic rings. The van der Waals surface area contributed by atoms with E-state index in [9.17, 15) is 5.11 Å². The summed E-state index contributed by atoms with van der Waals surface area (Å²) < 4.78 is 0. The van der Waals surface area contributed by atoms with Gasteiger partial charge in [0, 0.05) is 5.54 Å². The van der Waals surface area contributed by atoms with Gasteiger partial charge in [-0.15, -0.1) is 5.54 Å². The van der Waals surface area contributed by atoms with Crippen LogP contribution in [-0.2, 0) is 0 Å². The molecule has 0 heterocycles. The van der Waals surface area contributed by atoms with Crippen LogP contribution in [0.1, 0.15) is 42.9 Å². The van der Waals surface area contributed by atoms with Crippen LogP contribution in [0.4, 0.5) is 0 Å². The van der Waals surface area contributed by atoms with E-state index in [1.807, 2.05) is 0 Å². The average Bonchev–Trinajstić information content (AvgIpc) is 2.60. The molecule has 1 nitrogen and oxygen atoms in total. The van der Waals surface area contributed by atoms with Crippen molar-refractivity contribution < 1.29 is 5.11 Å². The third kappa shape index (κ3) is 5.09. The highest BCUT2D eigenvalue weighted by atomic mass is 28.3. The monoisotopic (exact) mass is 336 g/mol.